The van der Waals surface area contributed by atoms with E-state index < -0.39 is 0 Å². The molecule has 94 valence electrons. The van der Waals surface area contributed by atoms with Gasteiger partial charge in [0.05, 0.1) is 16.8 Å². The van der Waals surface area contributed by atoms with Crippen LogP contribution in [0.4, 0.5) is 0 Å². The van der Waals surface area contributed by atoms with Crippen LogP contribution in [0.3, 0.4) is 0 Å². The number of phenolic OH excluding ortho intramolecular Hbond substituents is 1. The van der Waals surface area contributed by atoms with E-state index in [2.05, 4.69) is 21.2 Å². The number of amides is 1. The number of furan rings is 1. The average Bonchev–Trinajstić information content (AvgIpc) is 2.86. The first-order valence-electron chi connectivity index (χ1n) is 5.40. The first-order valence-corrected chi connectivity index (χ1v) is 6.20. The van der Waals surface area contributed by atoms with Crippen molar-refractivity contribution in [3.05, 3.63) is 52.4 Å². The molecule has 1 heterocycles. The van der Waals surface area contributed by atoms with E-state index in [9.17, 15) is 9.90 Å². The molecule has 0 radical (unpaired) electrons. The second kappa shape index (κ2) is 5.27. The Balaban J connectivity index is 2.10. The quantitative estimate of drug-likeness (QED) is 0.915. The van der Waals surface area contributed by atoms with E-state index in [0.717, 1.165) is 0 Å². The summed E-state index contributed by atoms with van der Waals surface area (Å²) in [6.45, 7) is 1.83. The summed E-state index contributed by atoms with van der Waals surface area (Å²) in [6, 6.07) is 8.01. The SMILES string of the molecule is CC(NC(=O)c1ccc(Br)c(O)c1)c1ccco1. The minimum atomic E-state index is -0.262. The Labute approximate surface area is 113 Å². The van der Waals surface area contributed by atoms with Crippen molar-refractivity contribution in [2.45, 2.75) is 13.0 Å². The zero-order valence-corrected chi connectivity index (χ0v) is 11.3. The molecule has 1 aromatic carbocycles. The first kappa shape index (κ1) is 12.7. The fourth-order valence-corrected chi connectivity index (χ4v) is 1.79. The number of phenols is 1. The fourth-order valence-electron chi connectivity index (χ4n) is 1.54. The summed E-state index contributed by atoms with van der Waals surface area (Å²) in [7, 11) is 0. The molecule has 2 aromatic rings. The molecule has 0 spiro atoms. The van der Waals surface area contributed by atoms with E-state index in [1.54, 1.807) is 30.5 Å². The predicted octanol–water partition coefficient (Wildman–Crippen LogP) is 3.24. The van der Waals surface area contributed by atoms with Crippen LogP contribution in [0, 0.1) is 0 Å². The maximum atomic E-state index is 11.9. The highest BCUT2D eigenvalue weighted by Gasteiger charge is 2.14. The van der Waals surface area contributed by atoms with Crippen molar-refractivity contribution < 1.29 is 14.3 Å². The van der Waals surface area contributed by atoms with Crippen molar-refractivity contribution in [1.29, 1.82) is 0 Å². The number of aromatic hydroxyl groups is 1. The predicted molar refractivity (Wildman–Crippen MR) is 70.4 cm³/mol. The fraction of sp³-hybridized carbons (Fsp3) is 0.154. The van der Waals surface area contributed by atoms with E-state index in [4.69, 9.17) is 4.42 Å². The Hall–Kier alpha value is -1.75. The second-order valence-electron chi connectivity index (χ2n) is 3.88. The van der Waals surface area contributed by atoms with Crippen molar-refractivity contribution in [1.82, 2.24) is 5.32 Å². The highest BCUT2D eigenvalue weighted by Crippen LogP contribution is 2.24. The number of rotatable bonds is 3. The summed E-state index contributed by atoms with van der Waals surface area (Å²) in [5, 5.41) is 12.3. The van der Waals surface area contributed by atoms with Gasteiger partial charge in [-0.15, -0.1) is 0 Å². The summed E-state index contributed by atoms with van der Waals surface area (Å²) in [5.74, 6) is 0.458. The van der Waals surface area contributed by atoms with E-state index >= 15 is 0 Å². The third kappa shape index (κ3) is 2.73. The van der Waals surface area contributed by atoms with Gasteiger partial charge in [0, 0.05) is 5.56 Å². The zero-order valence-electron chi connectivity index (χ0n) is 9.68. The number of carbonyl (C=O) groups excluding carboxylic acids is 1. The lowest BCUT2D eigenvalue weighted by Gasteiger charge is -2.11. The summed E-state index contributed by atoms with van der Waals surface area (Å²) in [5.41, 5.74) is 0.397. The molecule has 2 N–H and O–H groups in total. The molecule has 0 aliphatic carbocycles. The zero-order chi connectivity index (χ0) is 13.1. The van der Waals surface area contributed by atoms with Gasteiger partial charge in [0.1, 0.15) is 11.5 Å². The lowest BCUT2D eigenvalue weighted by Crippen LogP contribution is -2.26. The summed E-state index contributed by atoms with van der Waals surface area (Å²) in [6.07, 6.45) is 1.56. The molecule has 18 heavy (non-hydrogen) atoms. The number of carbonyl (C=O) groups is 1. The number of halogens is 1. The third-order valence-corrected chi connectivity index (χ3v) is 3.20. The number of benzene rings is 1. The largest absolute Gasteiger partial charge is 0.507 e. The molecule has 0 fully saturated rings. The number of hydrogen-bond acceptors (Lipinski definition) is 3. The molecule has 0 aliphatic heterocycles. The van der Waals surface area contributed by atoms with Crippen LogP contribution in [0.5, 0.6) is 5.75 Å². The van der Waals surface area contributed by atoms with Gasteiger partial charge in [-0.1, -0.05) is 0 Å². The first-order chi connectivity index (χ1) is 8.58. The third-order valence-electron chi connectivity index (χ3n) is 2.53. The Morgan fingerprint density at radius 3 is 2.83 bits per heavy atom. The van der Waals surface area contributed by atoms with Crippen LogP contribution in [0.2, 0.25) is 0 Å². The molecule has 0 aliphatic rings. The molecular weight excluding hydrogens is 298 g/mol. The molecule has 0 saturated carbocycles. The number of nitrogens with one attached hydrogen (secondary N) is 1. The Morgan fingerprint density at radius 2 is 2.22 bits per heavy atom. The average molecular weight is 310 g/mol. The van der Waals surface area contributed by atoms with Crippen LogP contribution in [-0.4, -0.2) is 11.0 Å². The molecule has 1 aromatic heterocycles. The van der Waals surface area contributed by atoms with E-state index in [-0.39, 0.29) is 17.7 Å². The summed E-state index contributed by atoms with van der Waals surface area (Å²) >= 11 is 3.16. The van der Waals surface area contributed by atoms with Gasteiger partial charge in [0.2, 0.25) is 0 Å². The van der Waals surface area contributed by atoms with Crippen LogP contribution in [0.25, 0.3) is 0 Å². The lowest BCUT2D eigenvalue weighted by molar-refractivity contribution is 0.0935. The van der Waals surface area contributed by atoms with Crippen molar-refractivity contribution in [3.63, 3.8) is 0 Å². The lowest BCUT2D eigenvalue weighted by atomic mass is 10.2. The normalized spacial score (nSPS) is 12.1. The molecule has 4 nitrogen and oxygen atoms in total. The minimum absolute atomic E-state index is 0.0355. The van der Waals surface area contributed by atoms with E-state index in [1.165, 1.54) is 6.07 Å². The molecule has 0 saturated heterocycles. The minimum Gasteiger partial charge on any atom is -0.507 e. The van der Waals surface area contributed by atoms with Gasteiger partial charge < -0.3 is 14.8 Å². The van der Waals surface area contributed by atoms with Crippen molar-refractivity contribution >= 4 is 21.8 Å². The molecule has 1 unspecified atom stereocenters. The number of hydrogen-bond donors (Lipinski definition) is 2. The molecule has 1 atom stereocenters. The van der Waals surface area contributed by atoms with Crippen LogP contribution < -0.4 is 5.32 Å². The van der Waals surface area contributed by atoms with Gasteiger partial charge >= 0.3 is 0 Å². The molecule has 5 heteroatoms. The van der Waals surface area contributed by atoms with Gasteiger partial charge in [0.15, 0.2) is 0 Å². The highest BCUT2D eigenvalue weighted by molar-refractivity contribution is 9.10. The van der Waals surface area contributed by atoms with Gasteiger partial charge in [-0.05, 0) is 53.2 Å². The van der Waals surface area contributed by atoms with E-state index in [0.29, 0.717) is 15.8 Å². The van der Waals surface area contributed by atoms with Crippen molar-refractivity contribution in [2.24, 2.45) is 0 Å². The standard InChI is InChI=1S/C13H12BrNO3/c1-8(12-3-2-6-18-12)15-13(17)9-4-5-10(14)11(16)7-9/h2-8,16H,1H3,(H,15,17). The van der Waals surface area contributed by atoms with Gasteiger partial charge in [-0.25, -0.2) is 0 Å². The Kier molecular flexibility index (Phi) is 3.72. The van der Waals surface area contributed by atoms with Gasteiger partial charge in [0.25, 0.3) is 5.91 Å². The maximum Gasteiger partial charge on any atom is 0.251 e. The summed E-state index contributed by atoms with van der Waals surface area (Å²) in [4.78, 5) is 11.9. The van der Waals surface area contributed by atoms with E-state index in [1.807, 2.05) is 6.92 Å². The van der Waals surface area contributed by atoms with Crippen LogP contribution >= 0.6 is 15.9 Å². The monoisotopic (exact) mass is 309 g/mol. The Bertz CT molecular complexity index is 551. The smallest absolute Gasteiger partial charge is 0.251 e. The molecule has 2 rings (SSSR count). The highest BCUT2D eigenvalue weighted by atomic mass is 79.9. The van der Waals surface area contributed by atoms with Gasteiger partial charge in [-0.2, -0.15) is 0 Å². The van der Waals surface area contributed by atoms with Crippen molar-refractivity contribution in [2.75, 3.05) is 0 Å². The summed E-state index contributed by atoms with van der Waals surface area (Å²) < 4.78 is 5.76. The molecule has 1 amide bonds. The molecule has 0 bridgehead atoms. The van der Waals surface area contributed by atoms with Crippen LogP contribution in [0.15, 0.2) is 45.5 Å². The van der Waals surface area contributed by atoms with Crippen molar-refractivity contribution in [3.8, 4) is 5.75 Å². The topological polar surface area (TPSA) is 62.5 Å². The molecular formula is C13H12BrNO3. The van der Waals surface area contributed by atoms with Crippen LogP contribution in [0.1, 0.15) is 29.1 Å². The van der Waals surface area contributed by atoms with Crippen LogP contribution in [-0.2, 0) is 0 Å². The van der Waals surface area contributed by atoms with Gasteiger partial charge in [-0.3, -0.25) is 4.79 Å². The maximum absolute atomic E-state index is 11.9. The second-order valence-corrected chi connectivity index (χ2v) is 4.73. The Morgan fingerprint density at radius 1 is 1.44 bits per heavy atom.